The van der Waals surface area contributed by atoms with Gasteiger partial charge in [-0.05, 0) is 41.1 Å². The number of H-pyrrole nitrogens is 2. The number of aromatic amines is 2. The topological polar surface area (TPSA) is 65.7 Å². The van der Waals surface area contributed by atoms with Crippen LogP contribution in [0.2, 0.25) is 5.02 Å². The predicted molar refractivity (Wildman–Crippen MR) is 67.7 cm³/mol. The van der Waals surface area contributed by atoms with Crippen molar-refractivity contribution in [1.29, 1.82) is 0 Å². The van der Waals surface area contributed by atoms with Gasteiger partial charge in [-0.15, -0.1) is 0 Å². The van der Waals surface area contributed by atoms with Crippen LogP contribution >= 0.6 is 34.2 Å². The number of fused-ring (bicyclic) bond motifs is 1. The molecule has 1 heterocycles. The summed E-state index contributed by atoms with van der Waals surface area (Å²) in [4.78, 5) is 27.3. The molecular formula is C9H6ClIN2O2. The van der Waals surface area contributed by atoms with Gasteiger partial charge in [0.1, 0.15) is 0 Å². The average molecular weight is 337 g/mol. The molecule has 1 aromatic carbocycles. The highest BCUT2D eigenvalue weighted by Gasteiger charge is 2.10. The van der Waals surface area contributed by atoms with Gasteiger partial charge in [0.2, 0.25) is 0 Å². The van der Waals surface area contributed by atoms with Gasteiger partial charge >= 0.3 is 5.69 Å². The second-order valence-corrected chi connectivity index (χ2v) is 4.61. The summed E-state index contributed by atoms with van der Waals surface area (Å²) in [6.07, 6.45) is 0. The Hall–Kier alpha value is -0.820. The lowest BCUT2D eigenvalue weighted by Gasteiger charge is -2.04. The van der Waals surface area contributed by atoms with Crippen molar-refractivity contribution >= 4 is 45.1 Å². The molecule has 2 aromatic rings. The van der Waals surface area contributed by atoms with Crippen molar-refractivity contribution in [2.45, 2.75) is 6.92 Å². The van der Waals surface area contributed by atoms with Crippen molar-refractivity contribution in [3.05, 3.63) is 41.1 Å². The Morgan fingerprint density at radius 2 is 2.00 bits per heavy atom. The molecule has 1 aromatic heterocycles. The first-order valence-electron chi connectivity index (χ1n) is 4.11. The van der Waals surface area contributed by atoms with Crippen molar-refractivity contribution in [2.24, 2.45) is 0 Å². The molecule has 0 fully saturated rings. The molecule has 0 bridgehead atoms. The minimum Gasteiger partial charge on any atom is -0.306 e. The molecule has 0 amide bonds. The molecule has 6 heteroatoms. The largest absolute Gasteiger partial charge is 0.326 e. The van der Waals surface area contributed by atoms with Gasteiger partial charge in [-0.1, -0.05) is 11.6 Å². The predicted octanol–water partition coefficient (Wildman–Crippen LogP) is 1.78. The fourth-order valence-corrected chi connectivity index (χ4v) is 2.37. The van der Waals surface area contributed by atoms with E-state index in [-0.39, 0.29) is 0 Å². The van der Waals surface area contributed by atoms with Gasteiger partial charge in [-0.2, -0.15) is 0 Å². The van der Waals surface area contributed by atoms with Gasteiger partial charge in [0, 0.05) is 0 Å². The zero-order valence-corrected chi connectivity index (χ0v) is 10.6. The van der Waals surface area contributed by atoms with Gasteiger partial charge < -0.3 is 4.98 Å². The maximum atomic E-state index is 11.5. The van der Waals surface area contributed by atoms with Crippen LogP contribution < -0.4 is 11.2 Å². The molecular weight excluding hydrogens is 330 g/mol. The van der Waals surface area contributed by atoms with E-state index in [0.29, 0.717) is 19.5 Å². The quantitative estimate of drug-likeness (QED) is 0.720. The van der Waals surface area contributed by atoms with Crippen LogP contribution in [0.25, 0.3) is 10.9 Å². The second-order valence-electron chi connectivity index (χ2n) is 3.15. The fraction of sp³-hybridized carbons (Fsp3) is 0.111. The maximum Gasteiger partial charge on any atom is 0.326 e. The zero-order valence-electron chi connectivity index (χ0n) is 7.65. The highest BCUT2D eigenvalue weighted by Crippen LogP contribution is 2.27. The van der Waals surface area contributed by atoms with Gasteiger partial charge in [0.25, 0.3) is 5.56 Å². The molecule has 0 aliphatic carbocycles. The second kappa shape index (κ2) is 3.64. The summed E-state index contributed by atoms with van der Waals surface area (Å²) in [5.74, 6) is 0. The van der Waals surface area contributed by atoms with E-state index in [0.717, 1.165) is 5.56 Å². The van der Waals surface area contributed by atoms with E-state index < -0.39 is 11.2 Å². The normalized spacial score (nSPS) is 10.9. The number of aromatic nitrogens is 2. The summed E-state index contributed by atoms with van der Waals surface area (Å²) >= 11 is 8.03. The number of hydrogen-bond donors (Lipinski definition) is 2. The lowest BCUT2D eigenvalue weighted by molar-refractivity contribution is 1.08. The van der Waals surface area contributed by atoms with Crippen LogP contribution in [0.5, 0.6) is 0 Å². The molecule has 78 valence electrons. The number of rotatable bonds is 0. The molecule has 0 atom stereocenters. The first-order valence-corrected chi connectivity index (χ1v) is 5.57. The molecule has 0 radical (unpaired) electrons. The number of aryl methyl sites for hydroxylation is 1. The lowest BCUT2D eigenvalue weighted by atomic mass is 10.2. The third-order valence-electron chi connectivity index (χ3n) is 2.10. The van der Waals surface area contributed by atoms with E-state index in [2.05, 4.69) is 9.97 Å². The maximum absolute atomic E-state index is 11.5. The lowest BCUT2D eigenvalue weighted by Crippen LogP contribution is -2.22. The number of nitrogens with one attached hydrogen (secondary N) is 2. The molecule has 0 unspecified atom stereocenters. The smallest absolute Gasteiger partial charge is 0.306 e. The molecule has 0 saturated carbocycles. The Balaban J connectivity index is 3.12. The van der Waals surface area contributed by atoms with Crippen LogP contribution in [0, 0.1) is 10.5 Å². The Morgan fingerprint density at radius 3 is 2.67 bits per heavy atom. The monoisotopic (exact) mass is 336 g/mol. The van der Waals surface area contributed by atoms with Crippen LogP contribution in [0.3, 0.4) is 0 Å². The molecule has 0 saturated heterocycles. The van der Waals surface area contributed by atoms with E-state index >= 15 is 0 Å². The molecule has 4 nitrogen and oxygen atoms in total. The number of benzene rings is 1. The summed E-state index contributed by atoms with van der Waals surface area (Å²) in [5.41, 5.74) is 0.378. The van der Waals surface area contributed by atoms with E-state index in [9.17, 15) is 9.59 Å². The third kappa shape index (κ3) is 1.69. The standard InChI is InChI=1S/C9H6ClIN2O2/c1-3-2-4-7(6(11)5(3)10)12-9(15)13-8(4)14/h2H,1H3,(H2,12,13,14,15). The fourth-order valence-electron chi connectivity index (χ4n) is 1.37. The SMILES string of the molecule is Cc1cc2c(=O)[nH]c(=O)[nH]c2c(I)c1Cl. The summed E-state index contributed by atoms with van der Waals surface area (Å²) < 4.78 is 0.687. The highest BCUT2D eigenvalue weighted by molar-refractivity contribution is 14.1. The van der Waals surface area contributed by atoms with E-state index in [1.807, 2.05) is 29.5 Å². The van der Waals surface area contributed by atoms with Crippen LogP contribution in [-0.4, -0.2) is 9.97 Å². The first-order chi connectivity index (χ1) is 7.00. The Bertz CT molecular complexity index is 659. The van der Waals surface area contributed by atoms with Crippen molar-refractivity contribution in [3.8, 4) is 0 Å². The van der Waals surface area contributed by atoms with Crippen molar-refractivity contribution in [3.63, 3.8) is 0 Å². The summed E-state index contributed by atoms with van der Waals surface area (Å²) in [6.45, 7) is 1.81. The van der Waals surface area contributed by atoms with Gasteiger partial charge in [-0.25, -0.2) is 4.79 Å². The molecule has 2 rings (SSSR count). The van der Waals surface area contributed by atoms with Crippen molar-refractivity contribution in [2.75, 3.05) is 0 Å². The summed E-state index contributed by atoms with van der Waals surface area (Å²) in [6, 6.07) is 1.66. The van der Waals surface area contributed by atoms with Gasteiger partial charge in [0.15, 0.2) is 0 Å². The molecule has 15 heavy (non-hydrogen) atoms. The van der Waals surface area contributed by atoms with Gasteiger partial charge in [-0.3, -0.25) is 9.78 Å². The highest BCUT2D eigenvalue weighted by atomic mass is 127. The number of hydrogen-bond acceptors (Lipinski definition) is 2. The van der Waals surface area contributed by atoms with Crippen LogP contribution in [0.4, 0.5) is 0 Å². The minimum absolute atomic E-state index is 0.397. The Kier molecular flexibility index (Phi) is 2.59. The molecule has 0 aliphatic heterocycles. The Labute approximate surface area is 103 Å². The van der Waals surface area contributed by atoms with E-state index in [1.54, 1.807) is 6.07 Å². The van der Waals surface area contributed by atoms with E-state index in [4.69, 9.17) is 11.6 Å². The van der Waals surface area contributed by atoms with Gasteiger partial charge in [0.05, 0.1) is 19.5 Å². The van der Waals surface area contributed by atoms with Crippen LogP contribution in [0.15, 0.2) is 15.7 Å². The Morgan fingerprint density at radius 1 is 1.33 bits per heavy atom. The average Bonchev–Trinajstić information content (AvgIpc) is 2.17. The molecule has 2 N–H and O–H groups in total. The number of halogens is 2. The summed E-state index contributed by atoms with van der Waals surface area (Å²) in [5, 5.41) is 1.00. The molecule has 0 spiro atoms. The van der Waals surface area contributed by atoms with Crippen LogP contribution in [-0.2, 0) is 0 Å². The first kappa shape index (κ1) is 10.7. The third-order valence-corrected chi connectivity index (χ3v) is 3.98. The minimum atomic E-state index is -0.523. The zero-order chi connectivity index (χ0) is 11.2. The van der Waals surface area contributed by atoms with Crippen molar-refractivity contribution < 1.29 is 0 Å². The van der Waals surface area contributed by atoms with Crippen LogP contribution in [0.1, 0.15) is 5.56 Å². The van der Waals surface area contributed by atoms with E-state index in [1.165, 1.54) is 0 Å². The molecule has 0 aliphatic rings. The van der Waals surface area contributed by atoms with Crippen molar-refractivity contribution in [1.82, 2.24) is 9.97 Å². The summed E-state index contributed by atoms with van der Waals surface area (Å²) in [7, 11) is 0.